The molecule has 0 saturated carbocycles. The summed E-state index contributed by atoms with van der Waals surface area (Å²) in [6.07, 6.45) is 0. The van der Waals surface area contributed by atoms with Crippen LogP contribution in [0.3, 0.4) is 0 Å². The minimum atomic E-state index is -3.65. The minimum Gasteiger partial charge on any atom is -0.494 e. The van der Waals surface area contributed by atoms with Crippen molar-refractivity contribution in [2.75, 3.05) is 11.3 Å². The molecule has 0 atom stereocenters. The van der Waals surface area contributed by atoms with Crippen LogP contribution in [0, 0.1) is 13.8 Å². The van der Waals surface area contributed by atoms with Crippen LogP contribution in [0.2, 0.25) is 0 Å². The second-order valence-corrected chi connectivity index (χ2v) is 9.32. The molecule has 0 aliphatic heterocycles. The van der Waals surface area contributed by atoms with Gasteiger partial charge in [0.1, 0.15) is 10.6 Å². The summed E-state index contributed by atoms with van der Waals surface area (Å²) in [6.45, 7) is 6.20. The van der Waals surface area contributed by atoms with Gasteiger partial charge >= 0.3 is 0 Å². The van der Waals surface area contributed by atoms with Crippen LogP contribution in [0.1, 0.15) is 16.8 Å². The van der Waals surface area contributed by atoms with E-state index in [0.29, 0.717) is 18.0 Å². The van der Waals surface area contributed by atoms with Crippen LogP contribution in [-0.2, 0) is 10.0 Å². The Bertz CT molecular complexity index is 973. The van der Waals surface area contributed by atoms with Crippen molar-refractivity contribution in [3.05, 3.63) is 45.6 Å². The molecule has 3 aromatic rings. The van der Waals surface area contributed by atoms with Crippen molar-refractivity contribution in [3.63, 3.8) is 0 Å². The molecule has 0 unspecified atom stereocenters. The van der Waals surface area contributed by atoms with Gasteiger partial charge in [0.2, 0.25) is 0 Å². The summed E-state index contributed by atoms with van der Waals surface area (Å²) in [5.41, 5.74) is 1.32. The first-order valence-electron chi connectivity index (χ1n) is 7.67. The van der Waals surface area contributed by atoms with E-state index in [0.717, 1.165) is 20.5 Å². The lowest BCUT2D eigenvalue weighted by Crippen LogP contribution is -2.13. The normalized spacial score (nSPS) is 11.5. The third kappa shape index (κ3) is 4.02. The number of anilines is 1. The summed E-state index contributed by atoms with van der Waals surface area (Å²) in [7, 11) is -3.65. The van der Waals surface area contributed by atoms with Gasteiger partial charge in [-0.05, 0) is 51.1 Å². The Labute approximate surface area is 155 Å². The topological polar surface area (TPSA) is 68.3 Å². The van der Waals surface area contributed by atoms with Gasteiger partial charge in [-0.25, -0.2) is 13.4 Å². The van der Waals surface area contributed by atoms with Crippen molar-refractivity contribution in [2.45, 2.75) is 25.7 Å². The van der Waals surface area contributed by atoms with E-state index in [1.54, 1.807) is 48.6 Å². The highest BCUT2D eigenvalue weighted by Crippen LogP contribution is 2.34. The van der Waals surface area contributed by atoms with Crippen molar-refractivity contribution in [2.24, 2.45) is 0 Å². The number of hydrogen-bond donors (Lipinski definition) is 1. The Kier molecular flexibility index (Phi) is 5.12. The van der Waals surface area contributed by atoms with Crippen molar-refractivity contribution in [3.8, 4) is 16.3 Å². The molecule has 5 nitrogen and oxygen atoms in total. The Balaban J connectivity index is 1.86. The molecule has 8 heteroatoms. The van der Waals surface area contributed by atoms with Gasteiger partial charge < -0.3 is 4.74 Å². The number of nitrogens with zero attached hydrogens (tertiary/aromatic N) is 1. The van der Waals surface area contributed by atoms with E-state index in [4.69, 9.17) is 4.74 Å². The Morgan fingerprint density at radius 1 is 1.20 bits per heavy atom. The molecule has 0 aliphatic rings. The second-order valence-electron chi connectivity index (χ2n) is 5.35. The maximum atomic E-state index is 12.7. The number of thiazole rings is 1. The van der Waals surface area contributed by atoms with Crippen LogP contribution >= 0.6 is 22.7 Å². The van der Waals surface area contributed by atoms with Crippen LogP contribution < -0.4 is 9.46 Å². The predicted octanol–water partition coefficient (Wildman–Crippen LogP) is 4.69. The third-order valence-corrected chi connectivity index (χ3v) is 6.93. The Morgan fingerprint density at radius 2 is 1.92 bits per heavy atom. The van der Waals surface area contributed by atoms with Crippen LogP contribution in [-0.4, -0.2) is 20.0 Å². The number of nitrogens with one attached hydrogen (secondary N) is 1. The van der Waals surface area contributed by atoms with E-state index in [-0.39, 0.29) is 4.90 Å². The average molecular weight is 395 g/mol. The molecule has 3 rings (SSSR count). The molecule has 0 saturated heterocycles. The number of hydrogen-bond acceptors (Lipinski definition) is 6. The van der Waals surface area contributed by atoms with Gasteiger partial charge in [0.05, 0.1) is 22.2 Å². The lowest BCUT2D eigenvalue weighted by atomic mass is 10.3. The van der Waals surface area contributed by atoms with Gasteiger partial charge in [-0.2, -0.15) is 0 Å². The number of ether oxygens (including phenoxy) is 1. The van der Waals surface area contributed by atoms with Crippen LogP contribution in [0.4, 0.5) is 5.69 Å². The smallest absolute Gasteiger partial charge is 0.263 e. The summed E-state index contributed by atoms with van der Waals surface area (Å²) >= 11 is 2.98. The van der Waals surface area contributed by atoms with E-state index < -0.39 is 10.0 Å². The summed E-state index contributed by atoms with van der Waals surface area (Å²) in [5.74, 6) is 0.707. The summed E-state index contributed by atoms with van der Waals surface area (Å²) < 4.78 is 33.4. The molecule has 132 valence electrons. The Morgan fingerprint density at radius 3 is 2.52 bits per heavy atom. The molecular weight excluding hydrogens is 376 g/mol. The van der Waals surface area contributed by atoms with Crippen molar-refractivity contribution < 1.29 is 13.2 Å². The van der Waals surface area contributed by atoms with Crippen molar-refractivity contribution in [1.29, 1.82) is 0 Å². The molecule has 25 heavy (non-hydrogen) atoms. The fourth-order valence-electron chi connectivity index (χ4n) is 2.33. The van der Waals surface area contributed by atoms with Crippen LogP contribution in [0.5, 0.6) is 5.75 Å². The number of thiophene rings is 1. The minimum absolute atomic E-state index is 0.284. The summed E-state index contributed by atoms with van der Waals surface area (Å²) in [6, 6.07) is 8.55. The zero-order valence-corrected chi connectivity index (χ0v) is 16.5. The number of sulfonamides is 1. The molecule has 0 aliphatic carbocycles. The SMILES string of the molecule is CCOc1ccc(NS(=O)(=O)c2cc(-c3csc(C)n3)sc2C)cc1. The van der Waals surface area contributed by atoms with Gasteiger partial charge in [-0.15, -0.1) is 22.7 Å². The fraction of sp³-hybridized carbons (Fsp3) is 0.235. The number of aryl methyl sites for hydroxylation is 2. The maximum absolute atomic E-state index is 12.7. The summed E-state index contributed by atoms with van der Waals surface area (Å²) in [5, 5.41) is 2.90. The number of rotatable bonds is 6. The number of aromatic nitrogens is 1. The van der Waals surface area contributed by atoms with E-state index in [2.05, 4.69) is 9.71 Å². The third-order valence-electron chi connectivity index (χ3n) is 3.45. The van der Waals surface area contributed by atoms with Crippen molar-refractivity contribution in [1.82, 2.24) is 4.98 Å². The monoisotopic (exact) mass is 394 g/mol. The van der Waals surface area contributed by atoms with Gasteiger partial charge in [-0.1, -0.05) is 0 Å². The standard InChI is InChI=1S/C17H18N2O3S3/c1-4-22-14-7-5-13(6-8-14)19-25(20,21)17-9-16(24-11(17)2)15-10-23-12(3)18-15/h5-10,19H,4H2,1-3H3. The molecular formula is C17H18N2O3S3. The average Bonchev–Trinajstić information content (AvgIpc) is 3.15. The Hall–Kier alpha value is -1.90. The fourth-order valence-corrected chi connectivity index (χ4v) is 5.63. The lowest BCUT2D eigenvalue weighted by molar-refractivity contribution is 0.340. The highest BCUT2D eigenvalue weighted by atomic mass is 32.2. The molecule has 1 N–H and O–H groups in total. The molecule has 0 fully saturated rings. The molecule has 1 aromatic carbocycles. The molecule has 0 spiro atoms. The quantitative estimate of drug-likeness (QED) is 0.659. The van der Waals surface area contributed by atoms with Crippen LogP contribution in [0.15, 0.2) is 40.6 Å². The van der Waals surface area contributed by atoms with E-state index in [1.807, 2.05) is 19.2 Å². The first-order valence-corrected chi connectivity index (χ1v) is 10.9. The second kappa shape index (κ2) is 7.15. The highest BCUT2D eigenvalue weighted by molar-refractivity contribution is 7.93. The molecule has 2 heterocycles. The first kappa shape index (κ1) is 17.9. The molecule has 0 amide bonds. The van der Waals surface area contributed by atoms with Gasteiger partial charge in [0, 0.05) is 15.9 Å². The molecule has 0 bridgehead atoms. The predicted molar refractivity (Wildman–Crippen MR) is 103 cm³/mol. The van der Waals surface area contributed by atoms with Gasteiger partial charge in [-0.3, -0.25) is 4.72 Å². The van der Waals surface area contributed by atoms with E-state index >= 15 is 0 Å². The van der Waals surface area contributed by atoms with E-state index in [1.165, 1.54) is 11.3 Å². The molecule has 2 aromatic heterocycles. The maximum Gasteiger partial charge on any atom is 0.263 e. The number of benzene rings is 1. The van der Waals surface area contributed by atoms with Gasteiger partial charge in [0.25, 0.3) is 10.0 Å². The van der Waals surface area contributed by atoms with Gasteiger partial charge in [0.15, 0.2) is 0 Å². The van der Waals surface area contributed by atoms with Crippen LogP contribution in [0.25, 0.3) is 10.6 Å². The molecule has 0 radical (unpaired) electrons. The zero-order valence-electron chi connectivity index (χ0n) is 14.1. The first-order chi connectivity index (χ1) is 11.9. The van der Waals surface area contributed by atoms with Crippen molar-refractivity contribution >= 4 is 38.4 Å². The summed E-state index contributed by atoms with van der Waals surface area (Å²) in [4.78, 5) is 6.30. The van der Waals surface area contributed by atoms with E-state index in [9.17, 15) is 8.42 Å². The highest BCUT2D eigenvalue weighted by Gasteiger charge is 2.21. The largest absolute Gasteiger partial charge is 0.494 e. The zero-order chi connectivity index (χ0) is 18.0. The lowest BCUT2D eigenvalue weighted by Gasteiger charge is -2.08.